The summed E-state index contributed by atoms with van der Waals surface area (Å²) < 4.78 is 0. The van der Waals surface area contributed by atoms with E-state index in [0.717, 1.165) is 19.3 Å². The number of rotatable bonds is 4. The summed E-state index contributed by atoms with van der Waals surface area (Å²) in [6, 6.07) is 0.353. The maximum absolute atomic E-state index is 6.09. The number of unbranched alkanes of at least 4 members (excludes halogenated alkanes) is 1. The molecule has 13 heavy (non-hydrogen) atoms. The molecule has 1 saturated heterocycles. The van der Waals surface area contributed by atoms with Gasteiger partial charge in [0.25, 0.3) is 0 Å². The molecule has 74 valence electrons. The van der Waals surface area contributed by atoms with Gasteiger partial charge in [-0.1, -0.05) is 0 Å². The van der Waals surface area contributed by atoms with Gasteiger partial charge in [-0.25, -0.2) is 0 Å². The number of hydrogen-bond donors (Lipinski definition) is 1. The lowest BCUT2D eigenvalue weighted by Gasteiger charge is -2.26. The molecule has 0 aromatic rings. The zero-order chi connectivity index (χ0) is 9.52. The van der Waals surface area contributed by atoms with Crippen molar-refractivity contribution in [2.45, 2.75) is 30.6 Å². The minimum Gasteiger partial charge on any atom is -0.327 e. The third-order valence-electron chi connectivity index (χ3n) is 2.18. The molecule has 0 aliphatic carbocycles. The Morgan fingerprint density at radius 2 is 2.38 bits per heavy atom. The summed E-state index contributed by atoms with van der Waals surface area (Å²) in [5.41, 5.74) is 6.09. The lowest BCUT2D eigenvalue weighted by atomic mass is 10.1. The molecule has 1 aliphatic rings. The first-order valence-corrected chi connectivity index (χ1v) is 6.93. The zero-order valence-corrected chi connectivity index (χ0v) is 9.50. The van der Waals surface area contributed by atoms with Crippen LogP contribution in [0, 0.1) is 12.3 Å². The SMILES string of the molecule is C#CCCCC(N)C1CSCCS1. The highest BCUT2D eigenvalue weighted by molar-refractivity contribution is 8.06. The Bertz CT molecular complexity index is 170. The van der Waals surface area contributed by atoms with E-state index >= 15 is 0 Å². The molecule has 0 saturated carbocycles. The first-order chi connectivity index (χ1) is 6.34. The van der Waals surface area contributed by atoms with E-state index < -0.39 is 0 Å². The Balaban J connectivity index is 2.14. The topological polar surface area (TPSA) is 26.0 Å². The summed E-state index contributed by atoms with van der Waals surface area (Å²) in [7, 11) is 0. The van der Waals surface area contributed by atoms with Gasteiger partial charge in [0.2, 0.25) is 0 Å². The summed E-state index contributed by atoms with van der Waals surface area (Å²) in [5.74, 6) is 6.43. The normalized spacial score (nSPS) is 25.1. The van der Waals surface area contributed by atoms with Gasteiger partial charge < -0.3 is 5.73 Å². The van der Waals surface area contributed by atoms with Crippen LogP contribution in [-0.2, 0) is 0 Å². The molecule has 0 aromatic carbocycles. The minimum atomic E-state index is 0.353. The standard InChI is InChI=1S/C10H17NS2/c1-2-3-4-5-9(11)10-8-12-6-7-13-10/h1,9-10H,3-8,11H2. The van der Waals surface area contributed by atoms with E-state index in [1.165, 1.54) is 17.3 Å². The maximum Gasteiger partial charge on any atom is 0.0289 e. The van der Waals surface area contributed by atoms with Crippen LogP contribution in [0.15, 0.2) is 0 Å². The third kappa shape index (κ3) is 4.30. The quantitative estimate of drug-likeness (QED) is 0.573. The van der Waals surface area contributed by atoms with Crippen LogP contribution in [-0.4, -0.2) is 28.6 Å². The third-order valence-corrected chi connectivity index (χ3v) is 5.12. The van der Waals surface area contributed by atoms with Crippen molar-refractivity contribution < 1.29 is 0 Å². The fraction of sp³-hybridized carbons (Fsp3) is 0.800. The van der Waals surface area contributed by atoms with Crippen molar-refractivity contribution in [3.05, 3.63) is 0 Å². The van der Waals surface area contributed by atoms with Crippen molar-refractivity contribution in [2.75, 3.05) is 17.3 Å². The highest BCUT2D eigenvalue weighted by Crippen LogP contribution is 2.27. The van der Waals surface area contributed by atoms with Crippen LogP contribution in [0.5, 0.6) is 0 Å². The first kappa shape index (κ1) is 11.3. The van der Waals surface area contributed by atoms with Crippen LogP contribution in [0.2, 0.25) is 0 Å². The summed E-state index contributed by atoms with van der Waals surface area (Å²) >= 11 is 4.06. The molecule has 0 amide bonds. The van der Waals surface area contributed by atoms with E-state index in [0.29, 0.717) is 11.3 Å². The Morgan fingerprint density at radius 3 is 3.00 bits per heavy atom. The highest BCUT2D eigenvalue weighted by atomic mass is 32.2. The van der Waals surface area contributed by atoms with Gasteiger partial charge in [-0.3, -0.25) is 0 Å². The summed E-state index contributed by atoms with van der Waals surface area (Å²) in [5, 5.41) is 0.663. The monoisotopic (exact) mass is 215 g/mol. The lowest BCUT2D eigenvalue weighted by molar-refractivity contribution is 0.587. The van der Waals surface area contributed by atoms with Gasteiger partial charge in [-0.2, -0.15) is 23.5 Å². The summed E-state index contributed by atoms with van der Waals surface area (Å²) in [6.07, 6.45) is 8.23. The highest BCUT2D eigenvalue weighted by Gasteiger charge is 2.20. The number of hydrogen-bond acceptors (Lipinski definition) is 3. The van der Waals surface area contributed by atoms with E-state index in [1.54, 1.807) is 0 Å². The lowest BCUT2D eigenvalue weighted by Crippen LogP contribution is -2.36. The second kappa shape index (κ2) is 6.64. The van der Waals surface area contributed by atoms with Crippen LogP contribution >= 0.6 is 23.5 Å². The van der Waals surface area contributed by atoms with Crippen molar-refractivity contribution in [1.82, 2.24) is 0 Å². The molecule has 2 unspecified atom stereocenters. The molecule has 0 spiro atoms. The molecule has 1 heterocycles. The van der Waals surface area contributed by atoms with Gasteiger partial charge in [0.1, 0.15) is 0 Å². The number of terminal acetylenes is 1. The second-order valence-electron chi connectivity index (χ2n) is 3.24. The fourth-order valence-corrected chi connectivity index (χ4v) is 4.24. The van der Waals surface area contributed by atoms with Crippen LogP contribution in [0.3, 0.4) is 0 Å². The van der Waals surface area contributed by atoms with Crippen molar-refractivity contribution in [2.24, 2.45) is 5.73 Å². The molecule has 0 radical (unpaired) electrons. The van der Waals surface area contributed by atoms with E-state index in [4.69, 9.17) is 12.2 Å². The molecular weight excluding hydrogens is 198 g/mol. The van der Waals surface area contributed by atoms with Crippen molar-refractivity contribution in [3.63, 3.8) is 0 Å². The predicted octanol–water partition coefficient (Wildman–Crippen LogP) is 1.97. The van der Waals surface area contributed by atoms with E-state index in [9.17, 15) is 0 Å². The maximum atomic E-state index is 6.09. The summed E-state index contributed by atoms with van der Waals surface area (Å²) in [6.45, 7) is 0. The predicted molar refractivity (Wildman–Crippen MR) is 64.2 cm³/mol. The Kier molecular flexibility index (Phi) is 5.77. The van der Waals surface area contributed by atoms with E-state index in [1.807, 2.05) is 23.5 Å². The van der Waals surface area contributed by atoms with Gasteiger partial charge in [0.05, 0.1) is 0 Å². The van der Waals surface area contributed by atoms with Gasteiger partial charge in [0, 0.05) is 35.0 Å². The zero-order valence-electron chi connectivity index (χ0n) is 7.87. The molecule has 0 bridgehead atoms. The molecule has 2 N–H and O–H groups in total. The van der Waals surface area contributed by atoms with Gasteiger partial charge in [0.15, 0.2) is 0 Å². The minimum absolute atomic E-state index is 0.353. The molecule has 1 fully saturated rings. The van der Waals surface area contributed by atoms with Crippen LogP contribution < -0.4 is 5.73 Å². The molecule has 0 aromatic heterocycles. The Hall–Kier alpha value is 0.220. The average molecular weight is 215 g/mol. The molecule has 2 atom stereocenters. The van der Waals surface area contributed by atoms with Crippen molar-refractivity contribution >= 4 is 23.5 Å². The van der Waals surface area contributed by atoms with E-state index in [-0.39, 0.29) is 0 Å². The molecular formula is C10H17NS2. The van der Waals surface area contributed by atoms with Crippen LogP contribution in [0.25, 0.3) is 0 Å². The van der Waals surface area contributed by atoms with Crippen molar-refractivity contribution in [3.8, 4) is 12.3 Å². The average Bonchev–Trinajstić information content (AvgIpc) is 2.19. The van der Waals surface area contributed by atoms with Gasteiger partial charge in [-0.15, -0.1) is 12.3 Å². The van der Waals surface area contributed by atoms with Crippen LogP contribution in [0.4, 0.5) is 0 Å². The first-order valence-electron chi connectivity index (χ1n) is 4.73. The second-order valence-corrected chi connectivity index (χ2v) is 5.74. The molecule has 1 rings (SSSR count). The van der Waals surface area contributed by atoms with Gasteiger partial charge >= 0.3 is 0 Å². The van der Waals surface area contributed by atoms with Gasteiger partial charge in [-0.05, 0) is 12.8 Å². The van der Waals surface area contributed by atoms with Crippen molar-refractivity contribution in [1.29, 1.82) is 0 Å². The van der Waals surface area contributed by atoms with Crippen LogP contribution in [0.1, 0.15) is 19.3 Å². The smallest absolute Gasteiger partial charge is 0.0289 e. The number of thioether (sulfide) groups is 2. The number of nitrogens with two attached hydrogens (primary N) is 1. The molecule has 3 heteroatoms. The molecule has 1 nitrogen and oxygen atoms in total. The van der Waals surface area contributed by atoms with E-state index in [2.05, 4.69) is 5.92 Å². The fourth-order valence-electron chi connectivity index (χ4n) is 1.38. The Morgan fingerprint density at radius 1 is 1.54 bits per heavy atom. The Labute approximate surface area is 89.6 Å². The molecule has 1 aliphatic heterocycles. The summed E-state index contributed by atoms with van der Waals surface area (Å²) in [4.78, 5) is 0. The largest absolute Gasteiger partial charge is 0.327 e.